The van der Waals surface area contributed by atoms with Gasteiger partial charge in [-0.3, -0.25) is 4.79 Å². The highest BCUT2D eigenvalue weighted by Crippen LogP contribution is 2.18. The lowest BCUT2D eigenvalue weighted by Gasteiger charge is -2.08. The second-order valence-corrected chi connectivity index (χ2v) is 6.20. The fourth-order valence-electron chi connectivity index (χ4n) is 1.84. The Kier molecular flexibility index (Phi) is 7.49. The van der Waals surface area contributed by atoms with Gasteiger partial charge in [-0.05, 0) is 6.42 Å². The number of hydrogen-bond acceptors (Lipinski definition) is 1. The molecule has 1 nitrogen and oxygen atoms in total. The van der Waals surface area contributed by atoms with Crippen LogP contribution in [-0.2, 0) is 0 Å². The quantitative estimate of drug-likeness (QED) is 0.280. The van der Waals surface area contributed by atoms with Crippen molar-refractivity contribution in [1.29, 1.82) is 0 Å². The summed E-state index contributed by atoms with van der Waals surface area (Å²) in [5.74, 6) is 0.278. The molecule has 0 heterocycles. The van der Waals surface area contributed by atoms with Crippen LogP contribution >= 0.6 is 22.6 Å². The van der Waals surface area contributed by atoms with Gasteiger partial charge in [-0.2, -0.15) is 0 Å². The molecule has 0 radical (unpaired) electrons. The van der Waals surface area contributed by atoms with Gasteiger partial charge in [0.2, 0.25) is 0 Å². The number of benzene rings is 1. The fourth-order valence-corrected chi connectivity index (χ4v) is 2.68. The van der Waals surface area contributed by atoms with Crippen LogP contribution in [0.15, 0.2) is 30.3 Å². The lowest BCUT2D eigenvalue weighted by Crippen LogP contribution is -2.07. The Labute approximate surface area is 118 Å². The standard InChI is InChI=1S/C15H21IO/c1-2-3-4-8-11-14(16)12-15(17)13-9-6-5-7-10-13/h5-7,9-10,14H,2-4,8,11-12H2,1H3. The number of carbonyl (C=O) groups excluding carboxylic acids is 1. The van der Waals surface area contributed by atoms with E-state index in [9.17, 15) is 4.79 Å². The van der Waals surface area contributed by atoms with Crippen LogP contribution in [0.2, 0.25) is 0 Å². The van der Waals surface area contributed by atoms with E-state index in [1.807, 2.05) is 30.3 Å². The molecule has 1 atom stereocenters. The monoisotopic (exact) mass is 344 g/mol. The van der Waals surface area contributed by atoms with Crippen molar-refractivity contribution in [3.8, 4) is 0 Å². The Morgan fingerprint density at radius 3 is 2.53 bits per heavy atom. The van der Waals surface area contributed by atoms with Gasteiger partial charge in [0.05, 0.1) is 0 Å². The van der Waals surface area contributed by atoms with Crippen molar-refractivity contribution in [2.24, 2.45) is 0 Å². The second-order valence-electron chi connectivity index (χ2n) is 4.44. The van der Waals surface area contributed by atoms with Crippen LogP contribution in [0.4, 0.5) is 0 Å². The van der Waals surface area contributed by atoms with Crippen LogP contribution in [0, 0.1) is 0 Å². The van der Waals surface area contributed by atoms with Gasteiger partial charge in [0, 0.05) is 15.9 Å². The van der Waals surface area contributed by atoms with Gasteiger partial charge in [0.25, 0.3) is 0 Å². The number of unbranched alkanes of at least 4 members (excludes halogenated alkanes) is 3. The Hall–Kier alpha value is -0.380. The van der Waals surface area contributed by atoms with Crippen LogP contribution in [0.3, 0.4) is 0 Å². The maximum Gasteiger partial charge on any atom is 0.163 e. The summed E-state index contributed by atoms with van der Waals surface area (Å²) in [6.07, 6.45) is 6.99. The van der Waals surface area contributed by atoms with Gasteiger partial charge in [-0.25, -0.2) is 0 Å². The molecule has 94 valence electrons. The van der Waals surface area contributed by atoms with Gasteiger partial charge < -0.3 is 0 Å². The number of hydrogen-bond donors (Lipinski definition) is 0. The second kappa shape index (κ2) is 8.67. The molecular formula is C15H21IO. The number of Topliss-reactive ketones (excluding diaryl/α,β-unsaturated/α-hetero) is 1. The average Bonchev–Trinajstić information content (AvgIpc) is 2.36. The first-order chi connectivity index (χ1) is 8.24. The van der Waals surface area contributed by atoms with E-state index in [2.05, 4.69) is 29.5 Å². The minimum Gasteiger partial charge on any atom is -0.294 e. The zero-order chi connectivity index (χ0) is 12.5. The first-order valence-corrected chi connectivity index (χ1v) is 7.71. The lowest BCUT2D eigenvalue weighted by atomic mass is 10.0. The van der Waals surface area contributed by atoms with Crippen molar-refractivity contribution in [3.63, 3.8) is 0 Å². The minimum atomic E-state index is 0.278. The highest BCUT2D eigenvalue weighted by molar-refractivity contribution is 14.1. The Morgan fingerprint density at radius 1 is 1.18 bits per heavy atom. The Bertz CT molecular complexity index is 321. The van der Waals surface area contributed by atoms with E-state index in [4.69, 9.17) is 0 Å². The predicted molar refractivity (Wildman–Crippen MR) is 82.0 cm³/mol. The van der Waals surface area contributed by atoms with Crippen molar-refractivity contribution in [1.82, 2.24) is 0 Å². The molecular weight excluding hydrogens is 323 g/mol. The van der Waals surface area contributed by atoms with Gasteiger partial charge in [-0.1, -0.05) is 85.5 Å². The molecule has 2 heteroatoms. The molecule has 0 amide bonds. The van der Waals surface area contributed by atoms with Gasteiger partial charge in [0.15, 0.2) is 5.78 Å². The van der Waals surface area contributed by atoms with Gasteiger partial charge in [0.1, 0.15) is 0 Å². The maximum atomic E-state index is 11.9. The van der Waals surface area contributed by atoms with E-state index in [1.54, 1.807) is 0 Å². The summed E-state index contributed by atoms with van der Waals surface area (Å²) in [5.41, 5.74) is 0.850. The van der Waals surface area contributed by atoms with E-state index in [0.717, 1.165) is 5.56 Å². The van der Waals surface area contributed by atoms with E-state index in [0.29, 0.717) is 10.3 Å². The molecule has 17 heavy (non-hydrogen) atoms. The normalized spacial score (nSPS) is 12.4. The predicted octanol–water partition coefficient (Wildman–Crippen LogP) is 5.03. The molecule has 0 aliphatic rings. The third kappa shape index (κ3) is 6.20. The topological polar surface area (TPSA) is 17.1 Å². The molecule has 1 rings (SSSR count). The van der Waals surface area contributed by atoms with Crippen LogP contribution in [0.1, 0.15) is 55.8 Å². The highest BCUT2D eigenvalue weighted by Gasteiger charge is 2.11. The molecule has 0 saturated carbocycles. The Morgan fingerprint density at radius 2 is 1.88 bits per heavy atom. The van der Waals surface area contributed by atoms with Crippen molar-refractivity contribution >= 4 is 28.4 Å². The number of alkyl halides is 1. The highest BCUT2D eigenvalue weighted by atomic mass is 127. The first kappa shape index (κ1) is 14.7. The minimum absolute atomic E-state index is 0.278. The molecule has 0 bridgehead atoms. The summed E-state index contributed by atoms with van der Waals surface area (Å²) in [6, 6.07) is 9.61. The maximum absolute atomic E-state index is 11.9. The summed E-state index contributed by atoms with van der Waals surface area (Å²) in [7, 11) is 0. The number of ketones is 1. The van der Waals surface area contributed by atoms with Crippen molar-refractivity contribution < 1.29 is 4.79 Å². The summed E-state index contributed by atoms with van der Waals surface area (Å²) in [4.78, 5) is 11.9. The van der Waals surface area contributed by atoms with Crippen LogP contribution < -0.4 is 0 Å². The van der Waals surface area contributed by atoms with E-state index in [1.165, 1.54) is 32.1 Å². The molecule has 0 fully saturated rings. The van der Waals surface area contributed by atoms with Crippen molar-refractivity contribution in [3.05, 3.63) is 35.9 Å². The fraction of sp³-hybridized carbons (Fsp3) is 0.533. The van der Waals surface area contributed by atoms with Crippen LogP contribution in [0.5, 0.6) is 0 Å². The van der Waals surface area contributed by atoms with Crippen molar-refractivity contribution in [2.45, 2.75) is 49.4 Å². The third-order valence-corrected chi connectivity index (χ3v) is 3.94. The largest absolute Gasteiger partial charge is 0.294 e. The first-order valence-electron chi connectivity index (χ1n) is 6.46. The van der Waals surface area contributed by atoms with E-state index >= 15 is 0 Å². The number of halogens is 1. The zero-order valence-corrected chi connectivity index (χ0v) is 12.7. The van der Waals surface area contributed by atoms with Crippen LogP contribution in [0.25, 0.3) is 0 Å². The third-order valence-electron chi connectivity index (χ3n) is 2.87. The SMILES string of the molecule is CCCCCCC(I)CC(=O)c1ccccc1. The summed E-state index contributed by atoms with van der Waals surface area (Å²) < 4.78 is 0.483. The van der Waals surface area contributed by atoms with Crippen LogP contribution in [-0.4, -0.2) is 9.71 Å². The number of rotatable bonds is 8. The van der Waals surface area contributed by atoms with E-state index < -0.39 is 0 Å². The molecule has 1 aromatic rings. The number of carbonyl (C=O) groups is 1. The molecule has 0 saturated heterocycles. The Balaban J connectivity index is 2.26. The lowest BCUT2D eigenvalue weighted by molar-refractivity contribution is 0.0982. The van der Waals surface area contributed by atoms with E-state index in [-0.39, 0.29) is 5.78 Å². The molecule has 0 aliphatic heterocycles. The zero-order valence-electron chi connectivity index (χ0n) is 10.5. The smallest absolute Gasteiger partial charge is 0.163 e. The molecule has 1 aromatic carbocycles. The average molecular weight is 344 g/mol. The summed E-state index contributed by atoms with van der Waals surface area (Å²) in [5, 5.41) is 0. The van der Waals surface area contributed by atoms with Crippen molar-refractivity contribution in [2.75, 3.05) is 0 Å². The molecule has 0 N–H and O–H groups in total. The van der Waals surface area contributed by atoms with Gasteiger partial charge in [-0.15, -0.1) is 0 Å². The molecule has 0 aliphatic carbocycles. The van der Waals surface area contributed by atoms with Gasteiger partial charge >= 0.3 is 0 Å². The molecule has 0 spiro atoms. The molecule has 1 unspecified atom stereocenters. The summed E-state index contributed by atoms with van der Waals surface area (Å²) in [6.45, 7) is 2.22. The summed E-state index contributed by atoms with van der Waals surface area (Å²) >= 11 is 2.41. The molecule has 0 aromatic heterocycles.